The van der Waals surface area contributed by atoms with Gasteiger partial charge in [-0.3, -0.25) is 9.59 Å². The molecule has 1 aromatic heterocycles. The van der Waals surface area contributed by atoms with Crippen LogP contribution in [-0.2, 0) is 22.6 Å². The monoisotopic (exact) mass is 522 g/mol. The molecule has 0 saturated heterocycles. The molecule has 0 spiro atoms. The summed E-state index contributed by atoms with van der Waals surface area (Å²) in [5, 5.41) is 0. The lowest BCUT2D eigenvalue weighted by atomic mass is 9.93. The van der Waals surface area contributed by atoms with Crippen molar-refractivity contribution in [3.63, 3.8) is 0 Å². The van der Waals surface area contributed by atoms with Crippen molar-refractivity contribution >= 4 is 34.8 Å². The molecule has 2 amide bonds. The first-order valence-electron chi connectivity index (χ1n) is 12.0. The number of carbonyl (C=O) groups excluding carboxylic acids is 2. The van der Waals surface area contributed by atoms with Crippen LogP contribution in [0.1, 0.15) is 49.4 Å². The van der Waals surface area contributed by atoms with Gasteiger partial charge in [-0.15, -0.1) is 22.9 Å². The maximum absolute atomic E-state index is 13.6. The Labute approximate surface area is 219 Å². The molecule has 194 valence electrons. The summed E-state index contributed by atoms with van der Waals surface area (Å²) >= 11 is 7.77. The van der Waals surface area contributed by atoms with Gasteiger partial charge in [-0.05, 0) is 70.4 Å². The molecule has 1 aromatic carbocycles. The first kappa shape index (κ1) is 29.0. The standard InChI is InChI=1S/C27H39ClN2O4S/c1-8-19(2)30(26(32)27(4,5)18-28)17-25(31)29(16-22-11-9-20(3)35-22)14-13-21-10-12-23(33-6)24(15-21)34-7/h9-12,15,19H,8,13-14,16-18H2,1-7H3. The highest BCUT2D eigenvalue weighted by molar-refractivity contribution is 7.11. The summed E-state index contributed by atoms with van der Waals surface area (Å²) in [6.45, 7) is 10.8. The summed E-state index contributed by atoms with van der Waals surface area (Å²) in [5.41, 5.74) is 0.307. The van der Waals surface area contributed by atoms with Crippen LogP contribution in [0.5, 0.6) is 11.5 Å². The molecule has 1 heterocycles. The predicted molar refractivity (Wildman–Crippen MR) is 144 cm³/mol. The topological polar surface area (TPSA) is 59.1 Å². The van der Waals surface area contributed by atoms with E-state index in [1.807, 2.05) is 50.8 Å². The molecule has 0 radical (unpaired) electrons. The van der Waals surface area contributed by atoms with Gasteiger partial charge in [0.05, 0.1) is 26.2 Å². The summed E-state index contributed by atoms with van der Waals surface area (Å²) in [6.07, 6.45) is 1.41. The van der Waals surface area contributed by atoms with Gasteiger partial charge in [0.15, 0.2) is 11.5 Å². The Hall–Kier alpha value is -2.25. The van der Waals surface area contributed by atoms with E-state index in [0.717, 1.165) is 16.9 Å². The number of thiophene rings is 1. The van der Waals surface area contributed by atoms with Crippen LogP contribution in [-0.4, -0.2) is 60.8 Å². The summed E-state index contributed by atoms with van der Waals surface area (Å²) in [6, 6.07) is 9.86. The smallest absolute Gasteiger partial charge is 0.242 e. The van der Waals surface area contributed by atoms with Crippen molar-refractivity contribution in [2.75, 3.05) is 33.2 Å². The van der Waals surface area contributed by atoms with Gasteiger partial charge in [0, 0.05) is 28.2 Å². The van der Waals surface area contributed by atoms with Crippen molar-refractivity contribution in [3.05, 3.63) is 45.6 Å². The fourth-order valence-corrected chi connectivity index (χ4v) is 4.71. The molecular weight excluding hydrogens is 484 g/mol. The lowest BCUT2D eigenvalue weighted by Crippen LogP contribution is -2.51. The first-order valence-corrected chi connectivity index (χ1v) is 13.3. The Kier molecular flexibility index (Phi) is 10.9. The molecule has 1 atom stereocenters. The van der Waals surface area contributed by atoms with E-state index < -0.39 is 5.41 Å². The van der Waals surface area contributed by atoms with Crippen LogP contribution in [0.4, 0.5) is 0 Å². The molecule has 2 aromatic rings. The van der Waals surface area contributed by atoms with Crippen molar-refractivity contribution < 1.29 is 19.1 Å². The number of methoxy groups -OCH3 is 2. The summed E-state index contributed by atoms with van der Waals surface area (Å²) in [4.78, 5) is 32.7. The van der Waals surface area contributed by atoms with Crippen LogP contribution in [0.25, 0.3) is 0 Å². The third kappa shape index (κ3) is 7.87. The average Bonchev–Trinajstić information content (AvgIpc) is 3.27. The highest BCUT2D eigenvalue weighted by Gasteiger charge is 2.35. The summed E-state index contributed by atoms with van der Waals surface area (Å²) in [5.74, 6) is 1.36. The van der Waals surface area contributed by atoms with E-state index in [1.165, 1.54) is 4.88 Å². The van der Waals surface area contributed by atoms with Crippen LogP contribution in [0, 0.1) is 12.3 Å². The zero-order chi connectivity index (χ0) is 26.2. The van der Waals surface area contributed by atoms with Crippen molar-refractivity contribution in [2.24, 2.45) is 5.41 Å². The molecule has 0 N–H and O–H groups in total. The highest BCUT2D eigenvalue weighted by atomic mass is 35.5. The van der Waals surface area contributed by atoms with Crippen molar-refractivity contribution in [1.29, 1.82) is 0 Å². The normalized spacial score (nSPS) is 12.2. The lowest BCUT2D eigenvalue weighted by molar-refractivity contribution is -0.147. The molecule has 35 heavy (non-hydrogen) atoms. The Balaban J connectivity index is 2.26. The summed E-state index contributed by atoms with van der Waals surface area (Å²) in [7, 11) is 3.22. The first-order chi connectivity index (χ1) is 16.6. The van der Waals surface area contributed by atoms with E-state index >= 15 is 0 Å². The SMILES string of the molecule is CCC(C)N(CC(=O)N(CCc1ccc(OC)c(OC)c1)Cc1ccc(C)s1)C(=O)C(C)(C)CCl. The zero-order valence-corrected chi connectivity index (χ0v) is 23.6. The Bertz CT molecular complexity index is 991. The van der Waals surface area contributed by atoms with Gasteiger partial charge in [-0.25, -0.2) is 0 Å². The van der Waals surface area contributed by atoms with Gasteiger partial charge in [0.1, 0.15) is 6.54 Å². The largest absolute Gasteiger partial charge is 0.493 e. The second kappa shape index (κ2) is 13.2. The number of benzene rings is 1. The van der Waals surface area contributed by atoms with Gasteiger partial charge in [-0.2, -0.15) is 0 Å². The molecule has 0 bridgehead atoms. The molecule has 8 heteroatoms. The van der Waals surface area contributed by atoms with Gasteiger partial charge in [0.2, 0.25) is 11.8 Å². The van der Waals surface area contributed by atoms with Crippen LogP contribution < -0.4 is 9.47 Å². The van der Waals surface area contributed by atoms with Crippen LogP contribution in [0.15, 0.2) is 30.3 Å². The number of hydrogen-bond donors (Lipinski definition) is 0. The molecule has 0 fully saturated rings. The molecule has 0 aliphatic rings. The number of nitrogens with zero attached hydrogens (tertiary/aromatic N) is 2. The molecule has 6 nitrogen and oxygen atoms in total. The van der Waals surface area contributed by atoms with Crippen molar-refractivity contribution in [2.45, 2.75) is 60.0 Å². The fraction of sp³-hybridized carbons (Fsp3) is 0.556. The van der Waals surface area contributed by atoms with E-state index in [9.17, 15) is 9.59 Å². The minimum atomic E-state index is -0.736. The summed E-state index contributed by atoms with van der Waals surface area (Å²) < 4.78 is 10.8. The Morgan fingerprint density at radius 3 is 2.34 bits per heavy atom. The van der Waals surface area contributed by atoms with Crippen LogP contribution in [0.2, 0.25) is 0 Å². The number of ether oxygens (including phenoxy) is 2. The number of carbonyl (C=O) groups is 2. The second-order valence-electron chi connectivity index (χ2n) is 9.47. The maximum Gasteiger partial charge on any atom is 0.242 e. The number of halogens is 1. The lowest BCUT2D eigenvalue weighted by Gasteiger charge is -2.36. The quantitative estimate of drug-likeness (QED) is 0.324. The number of amides is 2. The van der Waals surface area contributed by atoms with E-state index in [4.69, 9.17) is 21.1 Å². The fourth-order valence-electron chi connectivity index (χ4n) is 3.69. The van der Waals surface area contributed by atoms with Gasteiger partial charge in [-0.1, -0.05) is 13.0 Å². The molecular formula is C27H39ClN2O4S. The second-order valence-corrected chi connectivity index (χ2v) is 11.1. The number of rotatable bonds is 13. The van der Waals surface area contributed by atoms with Gasteiger partial charge in [0.25, 0.3) is 0 Å². The third-order valence-corrected chi connectivity index (χ3v) is 7.87. The van der Waals surface area contributed by atoms with Gasteiger partial charge >= 0.3 is 0 Å². The number of aryl methyl sites for hydroxylation is 1. The Morgan fingerprint density at radius 2 is 1.80 bits per heavy atom. The van der Waals surface area contributed by atoms with E-state index in [-0.39, 0.29) is 30.3 Å². The molecule has 0 saturated carbocycles. The van der Waals surface area contributed by atoms with E-state index in [2.05, 4.69) is 19.1 Å². The highest BCUT2D eigenvalue weighted by Crippen LogP contribution is 2.28. The maximum atomic E-state index is 13.6. The van der Waals surface area contributed by atoms with E-state index in [0.29, 0.717) is 31.0 Å². The molecule has 1 unspecified atom stereocenters. The minimum Gasteiger partial charge on any atom is -0.493 e. The number of alkyl halides is 1. The third-order valence-electron chi connectivity index (χ3n) is 6.22. The van der Waals surface area contributed by atoms with Crippen molar-refractivity contribution in [1.82, 2.24) is 9.80 Å². The van der Waals surface area contributed by atoms with E-state index in [1.54, 1.807) is 30.5 Å². The minimum absolute atomic E-state index is 0.0322. The predicted octanol–water partition coefficient (Wildman–Crippen LogP) is 5.54. The Morgan fingerprint density at radius 1 is 1.11 bits per heavy atom. The number of hydrogen-bond acceptors (Lipinski definition) is 5. The van der Waals surface area contributed by atoms with Crippen LogP contribution in [0.3, 0.4) is 0 Å². The average molecular weight is 523 g/mol. The molecule has 2 rings (SSSR count). The molecule has 0 aliphatic heterocycles. The van der Waals surface area contributed by atoms with Crippen molar-refractivity contribution in [3.8, 4) is 11.5 Å². The molecule has 0 aliphatic carbocycles. The zero-order valence-electron chi connectivity index (χ0n) is 22.0. The van der Waals surface area contributed by atoms with Gasteiger partial charge < -0.3 is 19.3 Å². The van der Waals surface area contributed by atoms with Crippen LogP contribution >= 0.6 is 22.9 Å².